The number of pyridine rings is 2. The highest BCUT2D eigenvalue weighted by Gasteiger charge is 2.37. The fourth-order valence-electron chi connectivity index (χ4n) is 4.67. The van der Waals surface area contributed by atoms with E-state index in [-0.39, 0.29) is 18.4 Å². The average molecular weight is 492 g/mol. The van der Waals surface area contributed by atoms with Crippen molar-refractivity contribution in [2.45, 2.75) is 18.4 Å². The number of nitrogens with one attached hydrogen (secondary N) is 1. The van der Waals surface area contributed by atoms with Crippen LogP contribution in [0.1, 0.15) is 17.9 Å². The van der Waals surface area contributed by atoms with Gasteiger partial charge >= 0.3 is 6.09 Å². The van der Waals surface area contributed by atoms with Crippen LogP contribution in [0.5, 0.6) is 23.1 Å². The number of carbonyl (C=O) groups is 2. The Kier molecular flexibility index (Phi) is 5.59. The lowest BCUT2D eigenvalue weighted by atomic mass is 9.97. The summed E-state index contributed by atoms with van der Waals surface area (Å²) < 4.78 is 27.5. The molecule has 11 heteroatoms. The van der Waals surface area contributed by atoms with Crippen LogP contribution in [0.2, 0.25) is 0 Å². The highest BCUT2D eigenvalue weighted by molar-refractivity contribution is 5.95. The molecular weight excluding hydrogens is 468 g/mol. The molecule has 36 heavy (non-hydrogen) atoms. The molecule has 0 radical (unpaired) electrons. The van der Waals surface area contributed by atoms with Crippen molar-refractivity contribution in [1.29, 1.82) is 0 Å². The second-order valence-electron chi connectivity index (χ2n) is 8.66. The molecule has 186 valence electrons. The lowest BCUT2D eigenvalue weighted by Crippen LogP contribution is -2.38. The Balaban J connectivity index is 1.09. The van der Waals surface area contributed by atoms with Crippen LogP contribution in [-0.4, -0.2) is 68.1 Å². The average Bonchev–Trinajstić information content (AvgIpc) is 3.51. The van der Waals surface area contributed by atoms with Gasteiger partial charge in [-0.2, -0.15) is 0 Å². The highest BCUT2D eigenvalue weighted by Crippen LogP contribution is 2.40. The van der Waals surface area contributed by atoms with Crippen LogP contribution in [0.15, 0.2) is 36.5 Å². The zero-order chi connectivity index (χ0) is 24.6. The quantitative estimate of drug-likeness (QED) is 0.553. The number of fused-ring (bicyclic) bond motifs is 4. The second-order valence-corrected chi connectivity index (χ2v) is 8.66. The SMILES string of the molecule is COc1ccc2ncc3c(c2n1)[C@@H](CCNC(=O)[C@@H]1CN(c2ccc4c(c2)OCCO4)C(=O)O1)CO3. The van der Waals surface area contributed by atoms with Gasteiger partial charge in [-0.05, 0) is 24.6 Å². The molecule has 11 nitrogen and oxygen atoms in total. The van der Waals surface area contributed by atoms with E-state index in [0.717, 1.165) is 16.6 Å². The molecule has 2 aromatic heterocycles. The van der Waals surface area contributed by atoms with E-state index >= 15 is 0 Å². The van der Waals surface area contributed by atoms with Crippen molar-refractivity contribution in [1.82, 2.24) is 15.3 Å². The molecule has 1 fully saturated rings. The molecule has 1 N–H and O–H groups in total. The summed E-state index contributed by atoms with van der Waals surface area (Å²) in [6, 6.07) is 8.84. The fraction of sp³-hybridized carbons (Fsp3) is 0.360. The Morgan fingerprint density at radius 2 is 2.00 bits per heavy atom. The normalized spacial score (nSPS) is 20.0. The third kappa shape index (κ3) is 3.96. The zero-order valence-corrected chi connectivity index (χ0v) is 19.6. The molecule has 0 unspecified atom stereocenters. The number of anilines is 1. The summed E-state index contributed by atoms with van der Waals surface area (Å²) >= 11 is 0. The molecule has 6 rings (SSSR count). The maximum atomic E-state index is 12.8. The number of aromatic nitrogens is 2. The predicted molar refractivity (Wildman–Crippen MR) is 127 cm³/mol. The fourth-order valence-corrected chi connectivity index (χ4v) is 4.67. The van der Waals surface area contributed by atoms with Gasteiger partial charge in [-0.3, -0.25) is 14.7 Å². The van der Waals surface area contributed by atoms with Gasteiger partial charge in [0.2, 0.25) is 5.88 Å². The maximum Gasteiger partial charge on any atom is 0.415 e. The van der Waals surface area contributed by atoms with Gasteiger partial charge in [-0.15, -0.1) is 0 Å². The second kappa shape index (κ2) is 9.06. The van der Waals surface area contributed by atoms with Gasteiger partial charge in [0.1, 0.15) is 24.5 Å². The van der Waals surface area contributed by atoms with E-state index in [2.05, 4.69) is 15.3 Å². The zero-order valence-electron chi connectivity index (χ0n) is 19.6. The number of cyclic esters (lactones) is 1. The van der Waals surface area contributed by atoms with E-state index in [1.54, 1.807) is 37.6 Å². The number of methoxy groups -OCH3 is 1. The van der Waals surface area contributed by atoms with E-state index in [4.69, 9.17) is 23.7 Å². The minimum atomic E-state index is -0.909. The topological polar surface area (TPSA) is 121 Å². The van der Waals surface area contributed by atoms with Crippen LogP contribution in [0.3, 0.4) is 0 Å². The summed E-state index contributed by atoms with van der Waals surface area (Å²) in [7, 11) is 1.57. The van der Waals surface area contributed by atoms with Gasteiger partial charge in [-0.1, -0.05) is 0 Å². The van der Waals surface area contributed by atoms with Crippen molar-refractivity contribution < 1.29 is 33.3 Å². The van der Waals surface area contributed by atoms with Crippen molar-refractivity contribution in [2.24, 2.45) is 0 Å². The van der Waals surface area contributed by atoms with Gasteiger partial charge in [0, 0.05) is 30.2 Å². The Morgan fingerprint density at radius 1 is 1.14 bits per heavy atom. The standard InChI is InChI=1S/C25H24N4O7/c1-32-21-5-3-16-23(28-21)22-14(13-35-19(22)11-27-16)6-7-26-24(30)20-12-29(25(31)36-20)15-2-4-17-18(10-15)34-9-8-33-17/h2-5,10-11,14,20H,6-9,12-13H2,1H3,(H,26,30)/t14-,20-/m0/s1. The monoisotopic (exact) mass is 492 g/mol. The molecular formula is C25H24N4O7. The third-order valence-electron chi connectivity index (χ3n) is 6.48. The number of ether oxygens (including phenoxy) is 5. The summed E-state index contributed by atoms with van der Waals surface area (Å²) in [6.07, 6.45) is 0.843. The van der Waals surface area contributed by atoms with Crippen LogP contribution in [0, 0.1) is 0 Å². The molecule has 1 saturated heterocycles. The molecule has 0 saturated carbocycles. The number of rotatable bonds is 6. The van der Waals surface area contributed by atoms with Crippen molar-refractivity contribution in [3.05, 3.63) is 42.1 Å². The van der Waals surface area contributed by atoms with Crippen molar-refractivity contribution in [2.75, 3.05) is 44.9 Å². The van der Waals surface area contributed by atoms with Gasteiger partial charge < -0.3 is 29.0 Å². The van der Waals surface area contributed by atoms with Crippen LogP contribution in [-0.2, 0) is 9.53 Å². The minimum Gasteiger partial charge on any atom is -0.491 e. The van der Waals surface area contributed by atoms with Crippen molar-refractivity contribution in [3.8, 4) is 23.1 Å². The minimum absolute atomic E-state index is 0.0331. The van der Waals surface area contributed by atoms with Crippen molar-refractivity contribution >= 4 is 28.7 Å². The lowest BCUT2D eigenvalue weighted by Gasteiger charge is -2.20. The number of benzene rings is 1. The lowest BCUT2D eigenvalue weighted by molar-refractivity contribution is -0.127. The van der Waals surface area contributed by atoms with Crippen LogP contribution < -0.4 is 29.2 Å². The number of carbonyl (C=O) groups excluding carboxylic acids is 2. The van der Waals surface area contributed by atoms with E-state index in [1.165, 1.54) is 4.90 Å². The van der Waals surface area contributed by atoms with E-state index in [9.17, 15) is 9.59 Å². The molecule has 3 aliphatic rings. The van der Waals surface area contributed by atoms with E-state index in [0.29, 0.717) is 61.6 Å². The van der Waals surface area contributed by atoms with Crippen molar-refractivity contribution in [3.63, 3.8) is 0 Å². The van der Waals surface area contributed by atoms with Gasteiger partial charge in [0.25, 0.3) is 5.91 Å². The van der Waals surface area contributed by atoms with Gasteiger partial charge in [0.15, 0.2) is 17.6 Å². The molecule has 0 bridgehead atoms. The molecule has 0 aliphatic carbocycles. The van der Waals surface area contributed by atoms with Gasteiger partial charge in [-0.25, -0.2) is 9.78 Å². The Labute approximate surface area is 206 Å². The van der Waals surface area contributed by atoms with Crippen LogP contribution in [0.4, 0.5) is 10.5 Å². The first-order chi connectivity index (χ1) is 17.6. The molecule has 0 spiro atoms. The first-order valence-corrected chi connectivity index (χ1v) is 11.7. The maximum absolute atomic E-state index is 12.8. The molecule has 2 atom stereocenters. The highest BCUT2D eigenvalue weighted by atomic mass is 16.6. The smallest absolute Gasteiger partial charge is 0.415 e. The third-order valence-corrected chi connectivity index (χ3v) is 6.48. The first kappa shape index (κ1) is 22.2. The Hall–Kier alpha value is -4.28. The summed E-state index contributed by atoms with van der Waals surface area (Å²) in [4.78, 5) is 35.6. The summed E-state index contributed by atoms with van der Waals surface area (Å²) in [5, 5.41) is 2.89. The molecule has 2 amide bonds. The largest absolute Gasteiger partial charge is 0.491 e. The molecule has 3 aliphatic heterocycles. The molecule has 3 aromatic rings. The van der Waals surface area contributed by atoms with Crippen LogP contribution >= 0.6 is 0 Å². The molecule has 5 heterocycles. The summed E-state index contributed by atoms with van der Waals surface area (Å²) in [5.74, 6) is 2.07. The van der Waals surface area contributed by atoms with Crippen LogP contribution in [0.25, 0.3) is 11.0 Å². The number of amides is 2. The number of nitrogens with zero attached hydrogens (tertiary/aromatic N) is 3. The Morgan fingerprint density at radius 3 is 2.86 bits per heavy atom. The number of hydrogen-bond acceptors (Lipinski definition) is 9. The summed E-state index contributed by atoms with van der Waals surface area (Å²) in [6.45, 7) is 1.90. The number of hydrogen-bond donors (Lipinski definition) is 1. The molecule has 1 aromatic carbocycles. The first-order valence-electron chi connectivity index (χ1n) is 11.7. The van der Waals surface area contributed by atoms with E-state index in [1.807, 2.05) is 6.07 Å². The van der Waals surface area contributed by atoms with E-state index < -0.39 is 12.2 Å². The predicted octanol–water partition coefficient (Wildman–Crippen LogP) is 2.42. The Bertz CT molecular complexity index is 1350. The van der Waals surface area contributed by atoms with Gasteiger partial charge in [0.05, 0.1) is 37.7 Å². The summed E-state index contributed by atoms with van der Waals surface area (Å²) in [5.41, 5.74) is 3.04.